The Balaban J connectivity index is 2.08. The number of esters is 1. The summed E-state index contributed by atoms with van der Waals surface area (Å²) in [4.78, 5) is 16.6. The number of piperazine rings is 1. The van der Waals surface area contributed by atoms with Crippen LogP contribution in [0.2, 0.25) is 0 Å². The van der Waals surface area contributed by atoms with Crippen molar-refractivity contribution < 1.29 is 14.6 Å². The van der Waals surface area contributed by atoms with Crippen molar-refractivity contribution in [2.24, 2.45) is 0 Å². The average Bonchev–Trinajstić information content (AvgIpc) is 2.47. The molecule has 0 spiro atoms. The fraction of sp³-hybridized carbons (Fsp3) is 0.533. The number of phenolic OH excluding ortho intramolecular Hbond substituents is 1. The third kappa shape index (κ3) is 3.71. The molecule has 110 valence electrons. The highest BCUT2D eigenvalue weighted by Crippen LogP contribution is 2.22. The Morgan fingerprint density at radius 3 is 2.40 bits per heavy atom. The second-order valence-corrected chi connectivity index (χ2v) is 5.27. The smallest absolute Gasteiger partial charge is 0.314 e. The Morgan fingerprint density at radius 2 is 1.85 bits per heavy atom. The number of benzene rings is 1. The molecule has 20 heavy (non-hydrogen) atoms. The summed E-state index contributed by atoms with van der Waals surface area (Å²) in [5.41, 5.74) is 0.883. The van der Waals surface area contributed by atoms with Gasteiger partial charge in [-0.1, -0.05) is 12.1 Å². The average molecular weight is 278 g/mol. The summed E-state index contributed by atoms with van der Waals surface area (Å²) in [5.74, 6) is -0.324. The summed E-state index contributed by atoms with van der Waals surface area (Å²) < 4.78 is 4.92. The largest absolute Gasteiger partial charge is 0.508 e. The van der Waals surface area contributed by atoms with E-state index >= 15 is 0 Å². The van der Waals surface area contributed by atoms with E-state index in [1.165, 1.54) is 7.11 Å². The number of nitrogens with zero attached hydrogens (tertiary/aromatic N) is 2. The molecular weight excluding hydrogens is 256 g/mol. The topological polar surface area (TPSA) is 53.0 Å². The first-order chi connectivity index (χ1) is 9.60. The lowest BCUT2D eigenvalue weighted by molar-refractivity contribution is -0.143. The van der Waals surface area contributed by atoms with Gasteiger partial charge in [0, 0.05) is 32.7 Å². The number of methoxy groups -OCH3 is 1. The van der Waals surface area contributed by atoms with Gasteiger partial charge in [0.05, 0.1) is 13.0 Å². The van der Waals surface area contributed by atoms with Gasteiger partial charge in [0.2, 0.25) is 0 Å². The van der Waals surface area contributed by atoms with Gasteiger partial charge in [-0.2, -0.15) is 0 Å². The molecule has 1 heterocycles. The Morgan fingerprint density at radius 1 is 1.25 bits per heavy atom. The van der Waals surface area contributed by atoms with Gasteiger partial charge in [0.15, 0.2) is 0 Å². The molecule has 1 atom stereocenters. The van der Waals surface area contributed by atoms with Crippen molar-refractivity contribution in [3.05, 3.63) is 29.8 Å². The van der Waals surface area contributed by atoms with Gasteiger partial charge in [-0.25, -0.2) is 0 Å². The van der Waals surface area contributed by atoms with Gasteiger partial charge in [0.25, 0.3) is 0 Å². The van der Waals surface area contributed by atoms with E-state index in [1.807, 2.05) is 0 Å². The number of carbonyl (C=O) groups excluding carboxylic acids is 1. The van der Waals surface area contributed by atoms with E-state index in [9.17, 15) is 9.90 Å². The first kappa shape index (κ1) is 14.8. The molecule has 1 saturated heterocycles. The quantitative estimate of drug-likeness (QED) is 0.829. The van der Waals surface area contributed by atoms with Crippen LogP contribution in [0.5, 0.6) is 5.75 Å². The predicted molar refractivity (Wildman–Crippen MR) is 76.8 cm³/mol. The maximum absolute atomic E-state index is 12.0. The standard InChI is InChI=1S/C15H22N2O3/c1-16-7-9-17(10-8-16)11-14(15(19)20-2)12-3-5-13(18)6-4-12/h3-6,14,18H,7-11H2,1-2H3. The van der Waals surface area contributed by atoms with Crippen LogP contribution in [0.1, 0.15) is 11.5 Å². The van der Waals surface area contributed by atoms with Crippen LogP contribution >= 0.6 is 0 Å². The van der Waals surface area contributed by atoms with Crippen LogP contribution in [-0.2, 0) is 9.53 Å². The minimum Gasteiger partial charge on any atom is -0.508 e. The highest BCUT2D eigenvalue weighted by molar-refractivity contribution is 5.78. The summed E-state index contributed by atoms with van der Waals surface area (Å²) in [5, 5.41) is 9.35. The molecule has 5 heteroatoms. The monoisotopic (exact) mass is 278 g/mol. The summed E-state index contributed by atoms with van der Waals surface area (Å²) in [6.07, 6.45) is 0. The number of ether oxygens (including phenoxy) is 1. The molecule has 1 fully saturated rings. The van der Waals surface area contributed by atoms with E-state index in [0.29, 0.717) is 6.54 Å². The fourth-order valence-corrected chi connectivity index (χ4v) is 2.45. The van der Waals surface area contributed by atoms with Gasteiger partial charge in [-0.3, -0.25) is 9.69 Å². The predicted octanol–water partition coefficient (Wildman–Crippen LogP) is 0.896. The fourth-order valence-electron chi connectivity index (χ4n) is 2.45. The van der Waals surface area contributed by atoms with Crippen LogP contribution in [0.4, 0.5) is 0 Å². The second kappa shape index (κ2) is 6.72. The van der Waals surface area contributed by atoms with Gasteiger partial charge in [-0.05, 0) is 24.7 Å². The van der Waals surface area contributed by atoms with Crippen molar-refractivity contribution in [1.29, 1.82) is 0 Å². The van der Waals surface area contributed by atoms with Gasteiger partial charge < -0.3 is 14.7 Å². The number of phenols is 1. The normalized spacial score (nSPS) is 18.7. The Hall–Kier alpha value is -1.59. The zero-order valence-corrected chi connectivity index (χ0v) is 12.1. The van der Waals surface area contributed by atoms with E-state index in [0.717, 1.165) is 31.7 Å². The molecule has 0 aliphatic carbocycles. The number of hydrogen-bond donors (Lipinski definition) is 1. The first-order valence-electron chi connectivity index (χ1n) is 6.88. The van der Waals surface area contributed by atoms with Gasteiger partial charge in [0.1, 0.15) is 5.75 Å². The van der Waals surface area contributed by atoms with Crippen LogP contribution in [-0.4, -0.2) is 67.8 Å². The van der Waals surface area contributed by atoms with Crippen molar-refractivity contribution in [2.45, 2.75) is 5.92 Å². The number of likely N-dealkylation sites (N-methyl/N-ethyl adjacent to an activating group) is 1. The van der Waals surface area contributed by atoms with Crippen molar-refractivity contribution in [3.63, 3.8) is 0 Å². The Bertz CT molecular complexity index is 439. The second-order valence-electron chi connectivity index (χ2n) is 5.27. The molecule has 2 rings (SSSR count). The van der Waals surface area contributed by atoms with Crippen molar-refractivity contribution in [3.8, 4) is 5.75 Å². The van der Waals surface area contributed by atoms with Gasteiger partial charge in [-0.15, -0.1) is 0 Å². The lowest BCUT2D eigenvalue weighted by Crippen LogP contribution is -2.46. The molecule has 1 aliphatic heterocycles. The summed E-state index contributed by atoms with van der Waals surface area (Å²) >= 11 is 0. The van der Waals surface area contributed by atoms with Crippen LogP contribution in [0.15, 0.2) is 24.3 Å². The molecular formula is C15H22N2O3. The number of hydrogen-bond acceptors (Lipinski definition) is 5. The van der Waals surface area contributed by atoms with E-state index in [4.69, 9.17) is 4.74 Å². The molecule has 0 aromatic heterocycles. The molecule has 0 amide bonds. The number of rotatable bonds is 4. The highest BCUT2D eigenvalue weighted by atomic mass is 16.5. The van der Waals surface area contributed by atoms with E-state index in [2.05, 4.69) is 16.8 Å². The lowest BCUT2D eigenvalue weighted by Gasteiger charge is -2.34. The minimum absolute atomic E-state index is 0.206. The van der Waals surface area contributed by atoms with E-state index in [1.54, 1.807) is 24.3 Å². The van der Waals surface area contributed by atoms with Crippen molar-refractivity contribution in [1.82, 2.24) is 9.80 Å². The molecule has 1 aliphatic rings. The molecule has 0 saturated carbocycles. The summed E-state index contributed by atoms with van der Waals surface area (Å²) in [6.45, 7) is 4.61. The molecule has 0 radical (unpaired) electrons. The van der Waals surface area contributed by atoms with Crippen LogP contribution in [0, 0.1) is 0 Å². The van der Waals surface area contributed by atoms with Crippen LogP contribution in [0.3, 0.4) is 0 Å². The van der Waals surface area contributed by atoms with E-state index < -0.39 is 0 Å². The molecule has 5 nitrogen and oxygen atoms in total. The van der Waals surface area contributed by atoms with Gasteiger partial charge >= 0.3 is 5.97 Å². The molecule has 0 bridgehead atoms. The SMILES string of the molecule is COC(=O)C(CN1CCN(C)CC1)c1ccc(O)cc1. The number of aromatic hydroxyl groups is 1. The van der Waals surface area contributed by atoms with Crippen LogP contribution in [0.25, 0.3) is 0 Å². The molecule has 1 aromatic carbocycles. The number of carbonyl (C=O) groups is 1. The zero-order valence-electron chi connectivity index (χ0n) is 12.1. The Kier molecular flexibility index (Phi) is 4.98. The Labute approximate surface area is 119 Å². The van der Waals surface area contributed by atoms with Crippen molar-refractivity contribution >= 4 is 5.97 Å². The van der Waals surface area contributed by atoms with Crippen molar-refractivity contribution in [2.75, 3.05) is 46.9 Å². The zero-order chi connectivity index (χ0) is 14.5. The summed E-state index contributed by atoms with van der Waals surface area (Å²) in [7, 11) is 3.52. The maximum Gasteiger partial charge on any atom is 0.314 e. The third-order valence-corrected chi connectivity index (χ3v) is 3.82. The summed E-state index contributed by atoms with van der Waals surface area (Å²) in [6, 6.07) is 6.78. The first-order valence-corrected chi connectivity index (χ1v) is 6.88. The molecule has 1 unspecified atom stereocenters. The minimum atomic E-state index is -0.302. The third-order valence-electron chi connectivity index (χ3n) is 3.82. The maximum atomic E-state index is 12.0. The lowest BCUT2D eigenvalue weighted by atomic mass is 9.98. The van der Waals surface area contributed by atoms with E-state index in [-0.39, 0.29) is 17.6 Å². The molecule has 1 aromatic rings. The molecule has 1 N–H and O–H groups in total. The highest BCUT2D eigenvalue weighted by Gasteiger charge is 2.25. The van der Waals surface area contributed by atoms with Crippen LogP contribution < -0.4 is 0 Å².